The van der Waals surface area contributed by atoms with Gasteiger partial charge in [-0.05, 0) is 50.7 Å². The van der Waals surface area contributed by atoms with Crippen molar-refractivity contribution >= 4 is 39.2 Å². The van der Waals surface area contributed by atoms with Crippen LogP contribution in [0.2, 0.25) is 0 Å². The first-order valence-electron chi connectivity index (χ1n) is 11.2. The number of oxazole rings is 1. The van der Waals surface area contributed by atoms with Gasteiger partial charge in [-0.1, -0.05) is 6.08 Å². The van der Waals surface area contributed by atoms with Crippen LogP contribution in [0.4, 0.5) is 10.8 Å². The van der Waals surface area contributed by atoms with Gasteiger partial charge in [0.25, 0.3) is 0 Å². The summed E-state index contributed by atoms with van der Waals surface area (Å²) in [5, 5.41) is 0.659. The van der Waals surface area contributed by atoms with Crippen molar-refractivity contribution in [1.82, 2.24) is 14.7 Å². The van der Waals surface area contributed by atoms with Gasteiger partial charge >= 0.3 is 12.1 Å². The summed E-state index contributed by atoms with van der Waals surface area (Å²) in [6, 6.07) is 0.203. The molecule has 3 N–H and O–H groups in total. The maximum atomic E-state index is 12.7. The van der Waals surface area contributed by atoms with Gasteiger partial charge in [0.15, 0.2) is 0 Å². The molecular weight excluding hydrogens is 478 g/mol. The first kappa shape index (κ1) is 22.8. The van der Waals surface area contributed by atoms with E-state index in [0.717, 1.165) is 35.6 Å². The van der Waals surface area contributed by atoms with E-state index in [-0.39, 0.29) is 29.2 Å². The number of ether oxygens (including phenoxy) is 1. The Morgan fingerprint density at radius 1 is 1.21 bits per heavy atom. The number of sulfonamides is 1. The topological polar surface area (TPSA) is 150 Å². The average Bonchev–Trinajstić information content (AvgIpc) is 3.35. The van der Waals surface area contributed by atoms with Crippen LogP contribution in [-0.4, -0.2) is 41.5 Å². The zero-order valence-electron chi connectivity index (χ0n) is 18.3. The van der Waals surface area contributed by atoms with Crippen LogP contribution in [0.15, 0.2) is 52.0 Å². The fourth-order valence-electron chi connectivity index (χ4n) is 4.24. The highest BCUT2D eigenvalue weighted by atomic mass is 32.2. The molecule has 0 aliphatic heterocycles. The van der Waals surface area contributed by atoms with E-state index >= 15 is 0 Å². The molecule has 180 valence electrons. The average molecular weight is 504 g/mol. The van der Waals surface area contributed by atoms with Gasteiger partial charge in [0.05, 0.1) is 28.1 Å². The third kappa shape index (κ3) is 5.22. The fourth-order valence-corrected chi connectivity index (χ4v) is 6.86. The van der Waals surface area contributed by atoms with Crippen molar-refractivity contribution in [2.45, 2.75) is 61.7 Å². The normalized spacial score (nSPS) is 26.3. The number of carbonyl (C=O) groups is 1. The highest BCUT2D eigenvalue weighted by Gasteiger charge is 2.37. The molecule has 2 heterocycles. The molecule has 1 unspecified atom stereocenters. The Kier molecular flexibility index (Phi) is 6.26. The van der Waals surface area contributed by atoms with Gasteiger partial charge in [0.2, 0.25) is 10.0 Å². The van der Waals surface area contributed by atoms with Crippen molar-refractivity contribution in [3.05, 3.63) is 52.5 Å². The lowest BCUT2D eigenvalue weighted by Crippen LogP contribution is -2.30. The second kappa shape index (κ2) is 9.34. The Morgan fingerprint density at radius 2 is 2.00 bits per heavy atom. The van der Waals surface area contributed by atoms with E-state index in [1.807, 2.05) is 18.3 Å². The number of aromatic nitrogens is 2. The smallest absolute Gasteiger partial charge is 0.404 e. The maximum Gasteiger partial charge on any atom is 0.404 e. The van der Waals surface area contributed by atoms with Gasteiger partial charge in [-0.3, -0.25) is 4.72 Å². The number of nitrogens with two attached hydrogens (primary N) is 1. The van der Waals surface area contributed by atoms with Gasteiger partial charge in [-0.2, -0.15) is 4.99 Å². The van der Waals surface area contributed by atoms with E-state index < -0.39 is 16.1 Å². The molecule has 0 aromatic carbocycles. The van der Waals surface area contributed by atoms with Gasteiger partial charge in [-0.25, -0.2) is 23.2 Å². The zero-order valence-corrected chi connectivity index (χ0v) is 19.9. The van der Waals surface area contributed by atoms with Crippen molar-refractivity contribution in [2.24, 2.45) is 10.7 Å². The van der Waals surface area contributed by atoms with Gasteiger partial charge in [0, 0.05) is 22.7 Å². The predicted octanol–water partition coefficient (Wildman–Crippen LogP) is 3.64. The maximum absolute atomic E-state index is 12.7. The van der Waals surface area contributed by atoms with Gasteiger partial charge in [0.1, 0.15) is 12.4 Å². The van der Waals surface area contributed by atoms with Crippen LogP contribution in [0, 0.1) is 0 Å². The molecule has 0 bridgehead atoms. The number of nitrogens with zero attached hydrogens (tertiary/aromatic N) is 3. The van der Waals surface area contributed by atoms with Crippen LogP contribution in [0.25, 0.3) is 0 Å². The minimum Gasteiger partial charge on any atom is -0.446 e. The number of primary amides is 1. The molecule has 2 aromatic rings. The molecule has 5 rings (SSSR count). The molecule has 2 aromatic heterocycles. The summed E-state index contributed by atoms with van der Waals surface area (Å²) in [5.41, 5.74) is 6.21. The zero-order chi connectivity index (χ0) is 23.7. The summed E-state index contributed by atoms with van der Waals surface area (Å²) in [7, 11) is -3.46. The SMILES string of the molecule is NC(=O)OC1CCC(c2ncc(C3C=CC(=Nc4ncco4)C=C3NS(=O)(=O)C3CC3)s2)CC1. The summed E-state index contributed by atoms with van der Waals surface area (Å²) in [6.07, 6.45) is 13.9. The van der Waals surface area contributed by atoms with E-state index in [2.05, 4.69) is 19.7 Å². The molecule has 1 amide bonds. The van der Waals surface area contributed by atoms with Crippen LogP contribution in [0.5, 0.6) is 0 Å². The van der Waals surface area contributed by atoms with E-state index in [1.54, 1.807) is 17.4 Å². The predicted molar refractivity (Wildman–Crippen MR) is 126 cm³/mol. The minimum absolute atomic E-state index is 0.137. The largest absolute Gasteiger partial charge is 0.446 e. The number of hydrogen-bond acceptors (Lipinski definition) is 9. The van der Waals surface area contributed by atoms with Crippen molar-refractivity contribution in [2.75, 3.05) is 0 Å². The number of allylic oxidation sites excluding steroid dienone is 3. The number of rotatable bonds is 7. The molecule has 34 heavy (non-hydrogen) atoms. The van der Waals surface area contributed by atoms with Gasteiger partial charge in [-0.15, -0.1) is 11.3 Å². The Bertz CT molecular complexity index is 1240. The molecule has 3 aliphatic carbocycles. The highest BCUT2D eigenvalue weighted by molar-refractivity contribution is 7.90. The molecule has 3 aliphatic rings. The summed E-state index contributed by atoms with van der Waals surface area (Å²) in [5.74, 6) is -0.00500. The molecule has 2 fully saturated rings. The highest BCUT2D eigenvalue weighted by Crippen LogP contribution is 2.40. The number of aliphatic imine (C=N–C) groups is 1. The Morgan fingerprint density at radius 3 is 2.68 bits per heavy atom. The lowest BCUT2D eigenvalue weighted by atomic mass is 9.88. The molecule has 0 saturated heterocycles. The minimum atomic E-state index is -3.46. The van der Waals surface area contributed by atoms with Crippen molar-refractivity contribution < 1.29 is 22.4 Å². The van der Waals surface area contributed by atoms with E-state index in [9.17, 15) is 13.2 Å². The van der Waals surface area contributed by atoms with Crippen LogP contribution < -0.4 is 10.5 Å². The summed E-state index contributed by atoms with van der Waals surface area (Å²) >= 11 is 1.58. The molecule has 2 saturated carbocycles. The second-order valence-corrected chi connectivity index (χ2v) is 11.7. The number of thiazole rings is 1. The molecule has 12 heteroatoms. The van der Waals surface area contributed by atoms with Crippen LogP contribution >= 0.6 is 11.3 Å². The van der Waals surface area contributed by atoms with E-state index in [1.165, 1.54) is 12.5 Å². The Balaban J connectivity index is 1.35. The number of hydrogen-bond donors (Lipinski definition) is 2. The van der Waals surface area contributed by atoms with Crippen molar-refractivity contribution in [3.8, 4) is 0 Å². The first-order chi connectivity index (χ1) is 16.4. The number of carbonyl (C=O) groups excluding carboxylic acids is 1. The van der Waals surface area contributed by atoms with Gasteiger partial charge < -0.3 is 14.9 Å². The Labute approximate surface area is 201 Å². The molecule has 1 atom stereocenters. The van der Waals surface area contributed by atoms with Crippen molar-refractivity contribution in [1.29, 1.82) is 0 Å². The molecule has 0 radical (unpaired) electrons. The molecule has 10 nitrogen and oxygen atoms in total. The van der Waals surface area contributed by atoms with Crippen LogP contribution in [0.1, 0.15) is 60.2 Å². The standard InChI is InChI=1S/C22H25N5O5S2/c23-21(28)32-15-4-1-13(2-5-15)20-25-12-19(33-20)17-8-3-14(26-22-24-9-10-31-22)11-18(17)27-34(29,30)16-6-7-16/h3,8-13,15-17,27H,1-2,4-7H2,(H2,23,28). The number of amides is 1. The van der Waals surface area contributed by atoms with Crippen LogP contribution in [0.3, 0.4) is 0 Å². The summed E-state index contributed by atoms with van der Waals surface area (Å²) in [4.78, 5) is 24.9. The third-order valence-electron chi connectivity index (χ3n) is 6.12. The molecule has 0 spiro atoms. The lowest BCUT2D eigenvalue weighted by molar-refractivity contribution is 0.0787. The third-order valence-corrected chi connectivity index (χ3v) is 9.23. The quantitative estimate of drug-likeness (QED) is 0.585. The first-order valence-corrected chi connectivity index (χ1v) is 13.5. The van der Waals surface area contributed by atoms with Crippen molar-refractivity contribution in [3.63, 3.8) is 0 Å². The summed E-state index contributed by atoms with van der Waals surface area (Å²) < 4.78 is 38.5. The lowest BCUT2D eigenvalue weighted by Gasteiger charge is -2.26. The van der Waals surface area contributed by atoms with E-state index in [4.69, 9.17) is 14.9 Å². The fraction of sp³-hybridized carbons (Fsp3) is 0.455. The Hall–Kier alpha value is -2.99. The van der Waals surface area contributed by atoms with Crippen LogP contribution in [-0.2, 0) is 14.8 Å². The monoisotopic (exact) mass is 503 g/mol. The van der Waals surface area contributed by atoms with E-state index in [0.29, 0.717) is 24.3 Å². The second-order valence-electron chi connectivity index (χ2n) is 8.65. The number of nitrogens with one attached hydrogen (secondary N) is 1. The summed E-state index contributed by atoms with van der Waals surface area (Å²) in [6.45, 7) is 0. The molecular formula is C22H25N5O5S2.